The molecule has 90 valence electrons. The Morgan fingerprint density at radius 2 is 2.29 bits per heavy atom. The summed E-state index contributed by atoms with van der Waals surface area (Å²) in [5, 5.41) is 11.8. The van der Waals surface area contributed by atoms with Crippen LogP contribution in [0.15, 0.2) is 24.3 Å². The minimum atomic E-state index is -0.832. The van der Waals surface area contributed by atoms with Crippen molar-refractivity contribution in [2.45, 2.75) is 12.5 Å². The highest BCUT2D eigenvalue weighted by atomic mass is 35.5. The number of aromatic nitrogens is 2. The van der Waals surface area contributed by atoms with Crippen LogP contribution in [0.3, 0.4) is 0 Å². The fourth-order valence-corrected chi connectivity index (χ4v) is 1.57. The molecule has 1 amide bonds. The summed E-state index contributed by atoms with van der Waals surface area (Å²) in [7, 11) is 0. The number of alkyl halides is 1. The van der Waals surface area contributed by atoms with Gasteiger partial charge in [0.25, 0.3) is 0 Å². The SMILES string of the molecule is O=C(CC(O)CCl)Nc1nc2ccccc2[nH]1. The van der Waals surface area contributed by atoms with Gasteiger partial charge in [0, 0.05) is 5.88 Å². The van der Waals surface area contributed by atoms with E-state index in [-0.39, 0.29) is 18.2 Å². The maximum Gasteiger partial charge on any atom is 0.229 e. The van der Waals surface area contributed by atoms with E-state index >= 15 is 0 Å². The van der Waals surface area contributed by atoms with Crippen molar-refractivity contribution in [2.24, 2.45) is 0 Å². The number of fused-ring (bicyclic) bond motifs is 1. The fourth-order valence-electron chi connectivity index (χ4n) is 1.46. The number of nitrogens with one attached hydrogen (secondary N) is 2. The number of carbonyl (C=O) groups is 1. The maximum absolute atomic E-state index is 11.5. The number of benzene rings is 1. The van der Waals surface area contributed by atoms with Gasteiger partial charge in [0.05, 0.1) is 23.6 Å². The van der Waals surface area contributed by atoms with Crippen LogP contribution < -0.4 is 5.32 Å². The molecule has 1 unspecified atom stereocenters. The van der Waals surface area contributed by atoms with Crippen molar-refractivity contribution in [3.05, 3.63) is 24.3 Å². The Morgan fingerprint density at radius 3 is 3.00 bits per heavy atom. The molecule has 0 aliphatic rings. The number of anilines is 1. The van der Waals surface area contributed by atoms with Gasteiger partial charge in [-0.15, -0.1) is 11.6 Å². The smallest absolute Gasteiger partial charge is 0.229 e. The summed E-state index contributed by atoms with van der Waals surface area (Å²) < 4.78 is 0. The van der Waals surface area contributed by atoms with Crippen LogP contribution in [0, 0.1) is 0 Å². The Hall–Kier alpha value is -1.59. The van der Waals surface area contributed by atoms with Crippen molar-refractivity contribution in [2.75, 3.05) is 11.2 Å². The summed E-state index contributed by atoms with van der Waals surface area (Å²) in [5.41, 5.74) is 1.63. The van der Waals surface area contributed by atoms with Crippen molar-refractivity contribution in [3.63, 3.8) is 0 Å². The first-order valence-corrected chi connectivity index (χ1v) is 5.71. The van der Waals surface area contributed by atoms with Crippen LogP contribution in [-0.4, -0.2) is 33.0 Å². The minimum Gasteiger partial charge on any atom is -0.391 e. The Morgan fingerprint density at radius 1 is 1.53 bits per heavy atom. The molecule has 3 N–H and O–H groups in total. The Labute approximate surface area is 103 Å². The average molecular weight is 254 g/mol. The first-order chi connectivity index (χ1) is 8.19. The molecule has 0 aliphatic heterocycles. The number of hydrogen-bond donors (Lipinski definition) is 3. The van der Waals surface area contributed by atoms with E-state index in [1.807, 2.05) is 24.3 Å². The summed E-state index contributed by atoms with van der Waals surface area (Å²) in [6.07, 6.45) is -0.873. The van der Waals surface area contributed by atoms with E-state index < -0.39 is 6.10 Å². The van der Waals surface area contributed by atoms with E-state index in [2.05, 4.69) is 15.3 Å². The van der Waals surface area contributed by atoms with Crippen LogP contribution in [0.1, 0.15) is 6.42 Å². The number of amides is 1. The van der Waals surface area contributed by atoms with Gasteiger partial charge in [0.15, 0.2) is 0 Å². The number of carbonyl (C=O) groups excluding carboxylic acids is 1. The van der Waals surface area contributed by atoms with Gasteiger partial charge < -0.3 is 10.1 Å². The molecule has 6 heteroatoms. The third kappa shape index (κ3) is 2.95. The second kappa shape index (κ2) is 5.16. The highest BCUT2D eigenvalue weighted by molar-refractivity contribution is 6.18. The highest BCUT2D eigenvalue weighted by Gasteiger charge is 2.11. The van der Waals surface area contributed by atoms with Crippen molar-refractivity contribution in [3.8, 4) is 0 Å². The van der Waals surface area contributed by atoms with Gasteiger partial charge in [0.1, 0.15) is 0 Å². The first kappa shape index (κ1) is 11.9. The quantitative estimate of drug-likeness (QED) is 0.723. The number of para-hydroxylation sites is 2. The zero-order valence-corrected chi connectivity index (χ0v) is 9.74. The highest BCUT2D eigenvalue weighted by Crippen LogP contribution is 2.13. The molecule has 1 heterocycles. The van der Waals surface area contributed by atoms with Gasteiger partial charge in [-0.1, -0.05) is 12.1 Å². The largest absolute Gasteiger partial charge is 0.391 e. The van der Waals surface area contributed by atoms with Crippen LogP contribution in [0.5, 0.6) is 0 Å². The lowest BCUT2D eigenvalue weighted by atomic mass is 10.3. The predicted molar refractivity (Wildman–Crippen MR) is 66.1 cm³/mol. The zero-order valence-electron chi connectivity index (χ0n) is 8.98. The van der Waals surface area contributed by atoms with E-state index in [9.17, 15) is 9.90 Å². The lowest BCUT2D eigenvalue weighted by Crippen LogP contribution is -2.21. The third-order valence-corrected chi connectivity index (χ3v) is 2.60. The summed E-state index contributed by atoms with van der Waals surface area (Å²) in [5.74, 6) is 0.0864. The summed E-state index contributed by atoms with van der Waals surface area (Å²) in [4.78, 5) is 18.6. The molecule has 0 spiro atoms. The molecule has 0 bridgehead atoms. The van der Waals surface area contributed by atoms with Crippen molar-refractivity contribution in [1.29, 1.82) is 0 Å². The number of aliphatic hydroxyl groups excluding tert-OH is 1. The van der Waals surface area contributed by atoms with Gasteiger partial charge in [-0.25, -0.2) is 4.98 Å². The molecule has 1 aromatic carbocycles. The Balaban J connectivity index is 2.05. The molecule has 0 aliphatic carbocycles. The molecular formula is C11H12ClN3O2. The van der Waals surface area contributed by atoms with Gasteiger partial charge >= 0.3 is 0 Å². The second-order valence-electron chi connectivity index (χ2n) is 3.66. The summed E-state index contributed by atoms with van der Waals surface area (Å²) in [6, 6.07) is 7.45. The molecule has 1 aromatic heterocycles. The number of halogens is 1. The Kier molecular flexibility index (Phi) is 3.61. The second-order valence-corrected chi connectivity index (χ2v) is 3.97. The van der Waals surface area contributed by atoms with Crippen molar-refractivity contribution >= 4 is 34.5 Å². The number of aliphatic hydroxyl groups is 1. The molecule has 5 nitrogen and oxygen atoms in total. The first-order valence-electron chi connectivity index (χ1n) is 5.17. The molecule has 2 rings (SSSR count). The van der Waals surface area contributed by atoms with E-state index in [1.54, 1.807) is 0 Å². The standard InChI is InChI=1S/C11H12ClN3O2/c12-6-7(16)5-10(17)15-11-13-8-3-1-2-4-9(8)14-11/h1-4,7,16H,5-6H2,(H2,13,14,15,17). The zero-order chi connectivity index (χ0) is 12.3. The molecule has 0 fully saturated rings. The van der Waals surface area contributed by atoms with Crippen molar-refractivity contribution < 1.29 is 9.90 Å². The topological polar surface area (TPSA) is 78.0 Å². The minimum absolute atomic E-state index is 0.0353. The molecule has 1 atom stereocenters. The number of imidazole rings is 1. The van der Waals surface area contributed by atoms with Gasteiger partial charge in [0.2, 0.25) is 11.9 Å². The maximum atomic E-state index is 11.5. The van der Waals surface area contributed by atoms with Crippen LogP contribution in [0.4, 0.5) is 5.95 Å². The molecule has 0 saturated heterocycles. The summed E-state index contributed by atoms with van der Waals surface area (Å²) in [6.45, 7) is 0. The van der Waals surface area contributed by atoms with E-state index in [4.69, 9.17) is 11.6 Å². The van der Waals surface area contributed by atoms with Crippen LogP contribution in [0.2, 0.25) is 0 Å². The van der Waals surface area contributed by atoms with Gasteiger partial charge in [-0.2, -0.15) is 0 Å². The van der Waals surface area contributed by atoms with E-state index in [0.717, 1.165) is 11.0 Å². The van der Waals surface area contributed by atoms with Crippen LogP contribution in [-0.2, 0) is 4.79 Å². The van der Waals surface area contributed by atoms with Crippen LogP contribution >= 0.6 is 11.6 Å². The lowest BCUT2D eigenvalue weighted by molar-refractivity contribution is -0.117. The van der Waals surface area contributed by atoms with E-state index in [0.29, 0.717) is 5.95 Å². The Bertz CT molecular complexity index is 493. The van der Waals surface area contributed by atoms with Gasteiger partial charge in [-0.05, 0) is 12.1 Å². The number of rotatable bonds is 4. The summed E-state index contributed by atoms with van der Waals surface area (Å²) >= 11 is 5.41. The lowest BCUT2D eigenvalue weighted by Gasteiger charge is -2.05. The van der Waals surface area contributed by atoms with Gasteiger partial charge in [-0.3, -0.25) is 10.1 Å². The number of nitrogens with zero attached hydrogens (tertiary/aromatic N) is 1. The normalized spacial score (nSPS) is 12.6. The number of hydrogen-bond acceptors (Lipinski definition) is 3. The average Bonchev–Trinajstić information content (AvgIpc) is 2.70. The molecule has 2 aromatic rings. The third-order valence-electron chi connectivity index (χ3n) is 2.25. The van der Waals surface area contributed by atoms with E-state index in [1.165, 1.54) is 0 Å². The number of aromatic amines is 1. The van der Waals surface area contributed by atoms with Crippen LogP contribution in [0.25, 0.3) is 11.0 Å². The monoisotopic (exact) mass is 253 g/mol. The molecule has 17 heavy (non-hydrogen) atoms. The predicted octanol–water partition coefficient (Wildman–Crippen LogP) is 1.49. The number of H-pyrrole nitrogens is 1. The molecule has 0 radical (unpaired) electrons. The molecule has 0 saturated carbocycles. The molecular weight excluding hydrogens is 242 g/mol. The van der Waals surface area contributed by atoms with Crippen molar-refractivity contribution in [1.82, 2.24) is 9.97 Å². The fraction of sp³-hybridized carbons (Fsp3) is 0.273.